The van der Waals surface area contributed by atoms with Crippen molar-refractivity contribution < 1.29 is 8.60 Å². The maximum atomic E-state index is 14.4. The molecule has 0 aliphatic rings. The SMILES string of the molecule is CS(C)(=O)=Nc1ccc(Nc2ncc(F)c(-c3c[nH]c4ccccc34)n2)cc1. The Labute approximate surface area is 162 Å². The lowest BCUT2D eigenvalue weighted by Crippen LogP contribution is -2.00. The molecule has 2 aromatic heterocycles. The van der Waals surface area contributed by atoms with Crippen LogP contribution in [0.15, 0.2) is 65.3 Å². The van der Waals surface area contributed by atoms with Crippen molar-refractivity contribution in [3.8, 4) is 11.3 Å². The van der Waals surface area contributed by atoms with E-state index in [-0.39, 0.29) is 11.6 Å². The fraction of sp³-hybridized carbons (Fsp3) is 0.100. The third-order valence-corrected chi connectivity index (χ3v) is 4.69. The van der Waals surface area contributed by atoms with E-state index in [9.17, 15) is 8.60 Å². The van der Waals surface area contributed by atoms with Gasteiger partial charge in [-0.25, -0.2) is 18.6 Å². The maximum Gasteiger partial charge on any atom is 0.227 e. The first kappa shape index (κ1) is 18.1. The van der Waals surface area contributed by atoms with E-state index in [0.717, 1.165) is 17.1 Å². The van der Waals surface area contributed by atoms with Crippen molar-refractivity contribution in [2.24, 2.45) is 4.36 Å². The van der Waals surface area contributed by atoms with Crippen LogP contribution in [0, 0.1) is 5.82 Å². The topological polar surface area (TPSA) is 83.0 Å². The molecule has 0 radical (unpaired) electrons. The van der Waals surface area contributed by atoms with Gasteiger partial charge >= 0.3 is 0 Å². The van der Waals surface area contributed by atoms with E-state index in [1.165, 1.54) is 0 Å². The zero-order valence-corrected chi connectivity index (χ0v) is 16.1. The van der Waals surface area contributed by atoms with E-state index in [0.29, 0.717) is 16.9 Å². The Kier molecular flexibility index (Phi) is 4.56. The molecule has 0 saturated heterocycles. The number of nitrogens with one attached hydrogen (secondary N) is 2. The second-order valence-electron chi connectivity index (χ2n) is 6.58. The smallest absolute Gasteiger partial charge is 0.227 e. The van der Waals surface area contributed by atoms with Crippen LogP contribution in [0.5, 0.6) is 0 Å². The van der Waals surface area contributed by atoms with Gasteiger partial charge in [-0.1, -0.05) is 18.2 Å². The summed E-state index contributed by atoms with van der Waals surface area (Å²) in [5.74, 6) is -0.216. The molecule has 0 unspecified atom stereocenters. The number of hydrogen-bond acceptors (Lipinski definition) is 5. The van der Waals surface area contributed by atoms with Crippen molar-refractivity contribution >= 4 is 38.0 Å². The molecule has 0 aliphatic heterocycles. The van der Waals surface area contributed by atoms with Gasteiger partial charge in [0.25, 0.3) is 0 Å². The van der Waals surface area contributed by atoms with E-state index in [2.05, 4.69) is 24.6 Å². The van der Waals surface area contributed by atoms with Crippen LogP contribution in [0.2, 0.25) is 0 Å². The average molecular weight is 395 g/mol. The van der Waals surface area contributed by atoms with E-state index >= 15 is 0 Å². The predicted octanol–water partition coefficient (Wildman–Crippen LogP) is 4.87. The first-order valence-corrected chi connectivity index (χ1v) is 10.9. The quantitative estimate of drug-likeness (QED) is 0.517. The largest absolute Gasteiger partial charge is 0.360 e. The van der Waals surface area contributed by atoms with Gasteiger partial charge in [-0.05, 0) is 30.3 Å². The first-order chi connectivity index (χ1) is 13.4. The Bertz CT molecular complexity index is 1270. The zero-order valence-electron chi connectivity index (χ0n) is 15.3. The highest BCUT2D eigenvalue weighted by atomic mass is 32.2. The van der Waals surface area contributed by atoms with Crippen molar-refractivity contribution in [1.82, 2.24) is 15.0 Å². The molecule has 4 aromatic rings. The van der Waals surface area contributed by atoms with E-state index in [4.69, 9.17) is 0 Å². The molecule has 0 amide bonds. The summed E-state index contributed by atoms with van der Waals surface area (Å²) in [4.78, 5) is 11.5. The molecule has 0 bridgehead atoms. The van der Waals surface area contributed by atoms with Gasteiger partial charge < -0.3 is 10.3 Å². The number of H-pyrrole nitrogens is 1. The number of nitrogens with zero attached hydrogens (tertiary/aromatic N) is 3. The molecule has 2 N–H and O–H groups in total. The summed E-state index contributed by atoms with van der Waals surface area (Å²) in [6, 6.07) is 14.7. The molecule has 0 aliphatic carbocycles. The van der Waals surface area contributed by atoms with Gasteiger partial charge in [0.15, 0.2) is 5.82 Å². The van der Waals surface area contributed by atoms with Gasteiger partial charge in [0, 0.05) is 50.6 Å². The Morgan fingerprint density at radius 2 is 1.86 bits per heavy atom. The number of aromatic amines is 1. The highest BCUT2D eigenvalue weighted by molar-refractivity contribution is 7.92. The molecular weight excluding hydrogens is 377 g/mol. The van der Waals surface area contributed by atoms with Crippen LogP contribution >= 0.6 is 0 Å². The van der Waals surface area contributed by atoms with Gasteiger partial charge in [-0.2, -0.15) is 4.36 Å². The van der Waals surface area contributed by atoms with Gasteiger partial charge in [-0.3, -0.25) is 0 Å². The summed E-state index contributed by atoms with van der Waals surface area (Å²) < 4.78 is 30.3. The summed E-state index contributed by atoms with van der Waals surface area (Å²) in [6.07, 6.45) is 6.05. The minimum Gasteiger partial charge on any atom is -0.360 e. The number of fused-ring (bicyclic) bond motifs is 1. The van der Waals surface area contributed by atoms with Crippen molar-refractivity contribution in [3.63, 3.8) is 0 Å². The second kappa shape index (κ2) is 7.05. The fourth-order valence-corrected chi connectivity index (χ4v) is 3.50. The molecule has 0 saturated carbocycles. The number of hydrogen-bond donors (Lipinski definition) is 2. The van der Waals surface area contributed by atoms with Gasteiger partial charge in [0.1, 0.15) is 5.69 Å². The lowest BCUT2D eigenvalue weighted by Gasteiger charge is -2.08. The molecule has 142 valence electrons. The standard InChI is InChI=1S/C20H18FN5OS/c1-28(2,27)26-14-9-7-13(8-10-14)24-20-23-12-17(21)19(25-20)16-11-22-18-6-4-3-5-15(16)18/h3-12,22H,1-2H3,(H,23,24,25). The number of aromatic nitrogens is 3. The molecule has 0 atom stereocenters. The van der Waals surface area contributed by atoms with Crippen molar-refractivity contribution in [2.45, 2.75) is 0 Å². The Balaban J connectivity index is 1.65. The van der Waals surface area contributed by atoms with E-state index in [1.54, 1.807) is 43.0 Å². The highest BCUT2D eigenvalue weighted by Gasteiger charge is 2.14. The van der Waals surface area contributed by atoms with Crippen molar-refractivity contribution in [1.29, 1.82) is 0 Å². The molecule has 2 aromatic carbocycles. The maximum absolute atomic E-state index is 14.4. The molecule has 0 spiro atoms. The normalized spacial score (nSPS) is 11.5. The molecular formula is C20H18FN5OS. The predicted molar refractivity (Wildman–Crippen MR) is 111 cm³/mol. The third-order valence-electron chi connectivity index (χ3n) is 4.04. The van der Waals surface area contributed by atoms with Crippen LogP contribution in [0.25, 0.3) is 22.2 Å². The third kappa shape index (κ3) is 3.86. The van der Waals surface area contributed by atoms with Crippen LogP contribution in [0.4, 0.5) is 21.7 Å². The Hall–Kier alpha value is -3.26. The summed E-state index contributed by atoms with van der Waals surface area (Å²) >= 11 is 0. The molecule has 8 heteroatoms. The van der Waals surface area contributed by atoms with Crippen molar-refractivity contribution in [3.05, 3.63) is 66.7 Å². The lowest BCUT2D eigenvalue weighted by molar-refractivity contribution is 0.619. The minimum absolute atomic E-state index is 0.221. The average Bonchev–Trinajstić information content (AvgIpc) is 3.08. The van der Waals surface area contributed by atoms with E-state index < -0.39 is 15.5 Å². The Morgan fingerprint density at radius 3 is 2.61 bits per heavy atom. The summed E-state index contributed by atoms with van der Waals surface area (Å²) in [5.41, 5.74) is 3.15. The Morgan fingerprint density at radius 1 is 1.11 bits per heavy atom. The van der Waals surface area contributed by atoms with Crippen LogP contribution in [-0.2, 0) is 9.73 Å². The van der Waals surface area contributed by atoms with Crippen LogP contribution in [-0.4, -0.2) is 31.7 Å². The summed E-state index contributed by atoms with van der Waals surface area (Å²) in [5, 5.41) is 3.95. The van der Waals surface area contributed by atoms with Crippen LogP contribution in [0.1, 0.15) is 0 Å². The minimum atomic E-state index is -2.22. The van der Waals surface area contributed by atoms with Gasteiger partial charge in [0.2, 0.25) is 5.95 Å². The van der Waals surface area contributed by atoms with E-state index in [1.807, 2.05) is 24.3 Å². The fourth-order valence-electron chi connectivity index (χ4n) is 2.87. The monoisotopic (exact) mass is 395 g/mol. The van der Waals surface area contributed by atoms with Crippen molar-refractivity contribution in [2.75, 3.05) is 17.8 Å². The molecule has 2 heterocycles. The molecule has 0 fully saturated rings. The summed E-state index contributed by atoms with van der Waals surface area (Å²) in [7, 11) is -2.22. The molecule has 6 nitrogen and oxygen atoms in total. The molecule has 4 rings (SSSR count). The molecule has 28 heavy (non-hydrogen) atoms. The highest BCUT2D eigenvalue weighted by Crippen LogP contribution is 2.30. The zero-order chi connectivity index (χ0) is 19.7. The van der Waals surface area contributed by atoms with Crippen LogP contribution in [0.3, 0.4) is 0 Å². The number of anilines is 2. The van der Waals surface area contributed by atoms with Gasteiger partial charge in [0.05, 0.1) is 11.9 Å². The summed E-state index contributed by atoms with van der Waals surface area (Å²) in [6.45, 7) is 0. The lowest BCUT2D eigenvalue weighted by atomic mass is 10.1. The first-order valence-electron chi connectivity index (χ1n) is 8.52. The number of benzene rings is 2. The number of rotatable bonds is 4. The van der Waals surface area contributed by atoms with Crippen LogP contribution < -0.4 is 5.32 Å². The number of para-hydroxylation sites is 1. The van der Waals surface area contributed by atoms with Gasteiger partial charge in [-0.15, -0.1) is 0 Å². The number of halogens is 1. The second-order valence-corrected chi connectivity index (χ2v) is 9.13.